The van der Waals surface area contributed by atoms with Crippen LogP contribution in [0.4, 0.5) is 0 Å². The van der Waals surface area contributed by atoms with Gasteiger partial charge in [0.2, 0.25) is 0 Å². The molecule has 0 spiro atoms. The van der Waals surface area contributed by atoms with Gasteiger partial charge in [0.05, 0.1) is 0 Å². The molecule has 3 nitrogen and oxygen atoms in total. The number of ether oxygens (including phenoxy) is 2. The Hall–Kier alpha value is -0.713. The van der Waals surface area contributed by atoms with E-state index in [1.54, 1.807) is 14.2 Å². The molecule has 0 aliphatic heterocycles. The van der Waals surface area contributed by atoms with E-state index in [9.17, 15) is 0 Å². The van der Waals surface area contributed by atoms with E-state index in [0.717, 1.165) is 18.2 Å². The van der Waals surface area contributed by atoms with Gasteiger partial charge < -0.3 is 9.47 Å². The van der Waals surface area contributed by atoms with Crippen LogP contribution < -0.4 is 0 Å². The summed E-state index contributed by atoms with van der Waals surface area (Å²) < 4.78 is 10.2. The molecule has 1 aromatic heterocycles. The molecule has 0 unspecified atom stereocenters. The zero-order chi connectivity index (χ0) is 10.2. The summed E-state index contributed by atoms with van der Waals surface area (Å²) in [5.41, 5.74) is 1.13. The molecule has 0 saturated carbocycles. The number of hydrogen-bond donors (Lipinski definition) is 0. The van der Waals surface area contributed by atoms with Crippen molar-refractivity contribution in [3.63, 3.8) is 0 Å². The minimum atomic E-state index is -0.0567. The molecule has 1 rings (SSSR count). The summed E-state index contributed by atoms with van der Waals surface area (Å²) in [6.45, 7) is 0. The van der Waals surface area contributed by atoms with Crippen LogP contribution in [0.2, 0.25) is 6.04 Å². The zero-order valence-electron chi connectivity index (χ0n) is 8.56. The fourth-order valence-corrected chi connectivity index (χ4v) is 2.10. The lowest BCUT2D eigenvalue weighted by molar-refractivity contribution is -0.0440. The molecule has 1 aromatic rings. The van der Waals surface area contributed by atoms with Crippen molar-refractivity contribution < 1.29 is 9.47 Å². The van der Waals surface area contributed by atoms with Crippen molar-refractivity contribution in [2.45, 2.75) is 18.4 Å². The highest BCUT2D eigenvalue weighted by atomic mass is 28.2. The Kier molecular flexibility index (Phi) is 5.44. The molecule has 0 saturated heterocycles. The molecule has 1 heterocycles. The quantitative estimate of drug-likeness (QED) is 0.523. The first-order valence-electron chi connectivity index (χ1n) is 4.55. The summed E-state index contributed by atoms with van der Waals surface area (Å²) in [5.74, 6) is -0.0567. The van der Waals surface area contributed by atoms with Gasteiger partial charge in [-0.2, -0.15) is 0 Å². The summed E-state index contributed by atoms with van der Waals surface area (Å²) in [6.07, 6.45) is 2.81. The van der Waals surface area contributed by atoms with Gasteiger partial charge in [-0.05, 0) is 18.6 Å². The predicted octanol–water partition coefficient (Wildman–Crippen LogP) is 1.32. The first kappa shape index (κ1) is 11.4. The average Bonchev–Trinajstić information content (AvgIpc) is 2.26. The maximum atomic E-state index is 5.11. The molecule has 0 bridgehead atoms. The van der Waals surface area contributed by atoms with Crippen LogP contribution in [-0.2, 0) is 15.9 Å². The lowest BCUT2D eigenvalue weighted by Crippen LogP contribution is -2.21. The van der Waals surface area contributed by atoms with Gasteiger partial charge in [0, 0.05) is 26.1 Å². The van der Waals surface area contributed by atoms with Gasteiger partial charge in [-0.1, -0.05) is 12.1 Å². The van der Waals surface area contributed by atoms with Crippen LogP contribution in [0.25, 0.3) is 0 Å². The molecule has 0 atom stereocenters. The van der Waals surface area contributed by atoms with E-state index in [-0.39, 0.29) is 5.91 Å². The molecule has 0 aliphatic carbocycles. The predicted molar refractivity (Wildman–Crippen MR) is 56.3 cm³/mol. The van der Waals surface area contributed by atoms with Crippen molar-refractivity contribution in [1.82, 2.24) is 4.98 Å². The third-order valence-corrected chi connectivity index (χ3v) is 3.19. The smallest absolute Gasteiger partial charge is 0.136 e. The van der Waals surface area contributed by atoms with Crippen LogP contribution >= 0.6 is 0 Å². The Morgan fingerprint density at radius 1 is 1.36 bits per heavy atom. The number of hydrogen-bond acceptors (Lipinski definition) is 3. The van der Waals surface area contributed by atoms with Crippen LogP contribution in [0.1, 0.15) is 5.69 Å². The van der Waals surface area contributed by atoms with Gasteiger partial charge in [-0.15, -0.1) is 0 Å². The Labute approximate surface area is 87.3 Å². The lowest BCUT2D eigenvalue weighted by atomic mass is 10.3. The van der Waals surface area contributed by atoms with Gasteiger partial charge in [-0.25, -0.2) is 0 Å². The van der Waals surface area contributed by atoms with E-state index < -0.39 is 0 Å². The fraction of sp³-hybridized carbons (Fsp3) is 0.500. The number of aromatic nitrogens is 1. The Balaban J connectivity index is 2.21. The molecule has 76 valence electrons. The first-order valence-corrected chi connectivity index (χ1v) is 5.84. The van der Waals surface area contributed by atoms with Crippen LogP contribution in [0.5, 0.6) is 0 Å². The Morgan fingerprint density at radius 2 is 2.14 bits per heavy atom. The van der Waals surface area contributed by atoms with Crippen molar-refractivity contribution in [1.29, 1.82) is 0 Å². The van der Waals surface area contributed by atoms with Crippen molar-refractivity contribution in [3.05, 3.63) is 30.1 Å². The van der Waals surface area contributed by atoms with E-state index >= 15 is 0 Å². The third-order valence-electron chi connectivity index (χ3n) is 1.85. The average molecular weight is 209 g/mol. The minimum Gasteiger partial charge on any atom is -0.360 e. The molecule has 14 heavy (non-hydrogen) atoms. The van der Waals surface area contributed by atoms with Crippen LogP contribution in [0.3, 0.4) is 0 Å². The molecule has 2 radical (unpaired) electrons. The Morgan fingerprint density at radius 3 is 2.71 bits per heavy atom. The van der Waals surface area contributed by atoms with Crippen molar-refractivity contribution in [3.8, 4) is 0 Å². The largest absolute Gasteiger partial charge is 0.360 e. The van der Waals surface area contributed by atoms with Crippen molar-refractivity contribution in [2.75, 3.05) is 14.2 Å². The van der Waals surface area contributed by atoms with Gasteiger partial charge in [0.25, 0.3) is 0 Å². The third kappa shape index (κ3) is 4.00. The van der Waals surface area contributed by atoms with Crippen molar-refractivity contribution in [2.24, 2.45) is 0 Å². The zero-order valence-corrected chi connectivity index (χ0v) is 9.56. The van der Waals surface area contributed by atoms with Gasteiger partial charge in [0.15, 0.2) is 0 Å². The summed E-state index contributed by atoms with van der Waals surface area (Å²) in [6, 6.07) is 7.04. The number of rotatable bonds is 6. The first-order chi connectivity index (χ1) is 6.86. The minimum absolute atomic E-state index is 0.0567. The fourth-order valence-electron chi connectivity index (χ4n) is 1.13. The van der Waals surface area contributed by atoms with E-state index in [2.05, 4.69) is 4.98 Å². The number of nitrogens with zero attached hydrogens (tertiary/aromatic N) is 1. The monoisotopic (exact) mass is 209 g/mol. The summed E-state index contributed by atoms with van der Waals surface area (Å²) in [4.78, 5) is 4.25. The highest BCUT2D eigenvalue weighted by molar-refractivity contribution is 6.36. The van der Waals surface area contributed by atoms with Gasteiger partial charge in [-0.3, -0.25) is 4.98 Å². The molecule has 0 aromatic carbocycles. The maximum absolute atomic E-state index is 5.11. The van der Waals surface area contributed by atoms with Gasteiger partial charge in [0.1, 0.15) is 15.4 Å². The highest BCUT2D eigenvalue weighted by Gasteiger charge is 2.05. The summed E-state index contributed by atoms with van der Waals surface area (Å²) in [5, 5.41) is 0. The molecule has 0 amide bonds. The van der Waals surface area contributed by atoms with Gasteiger partial charge >= 0.3 is 0 Å². The second-order valence-corrected chi connectivity index (χ2v) is 4.21. The van der Waals surface area contributed by atoms with Crippen molar-refractivity contribution >= 4 is 9.52 Å². The number of aryl methyl sites for hydroxylation is 1. The van der Waals surface area contributed by atoms with E-state index in [1.807, 2.05) is 24.4 Å². The Bertz CT molecular complexity index is 239. The second kappa shape index (κ2) is 6.70. The van der Waals surface area contributed by atoms with E-state index in [0.29, 0.717) is 9.52 Å². The lowest BCUT2D eigenvalue weighted by Gasteiger charge is -2.11. The van der Waals surface area contributed by atoms with Crippen LogP contribution in [0.15, 0.2) is 24.4 Å². The maximum Gasteiger partial charge on any atom is 0.136 e. The molecule has 0 fully saturated rings. The summed E-state index contributed by atoms with van der Waals surface area (Å²) in [7, 11) is 4.00. The SMILES string of the molecule is COC(OC)[Si]CCc1ccccn1. The molecule has 0 N–H and O–H groups in total. The van der Waals surface area contributed by atoms with Crippen LogP contribution in [-0.4, -0.2) is 34.6 Å². The normalized spacial score (nSPS) is 10.8. The molecule has 4 heteroatoms. The second-order valence-electron chi connectivity index (χ2n) is 2.83. The summed E-state index contributed by atoms with van der Waals surface area (Å²) >= 11 is 0. The molecular weight excluding hydrogens is 194 g/mol. The number of pyridine rings is 1. The number of methoxy groups -OCH3 is 2. The van der Waals surface area contributed by atoms with E-state index in [1.165, 1.54) is 0 Å². The highest BCUT2D eigenvalue weighted by Crippen LogP contribution is 2.00. The standard InChI is InChI=1S/C10H15NO2Si/c1-12-10(13-2)14-8-6-9-5-3-4-7-11-9/h3-5,7,10H,6,8H2,1-2H3. The van der Waals surface area contributed by atoms with E-state index in [4.69, 9.17) is 9.47 Å². The topological polar surface area (TPSA) is 31.4 Å². The molecular formula is C10H15NO2Si. The van der Waals surface area contributed by atoms with Crippen LogP contribution in [0, 0.1) is 0 Å². The molecule has 0 aliphatic rings.